The van der Waals surface area contributed by atoms with Crippen molar-refractivity contribution in [3.63, 3.8) is 0 Å². The lowest BCUT2D eigenvalue weighted by molar-refractivity contribution is -0.129. The molecular weight excluding hydrogens is 264 g/mol. The van der Waals surface area contributed by atoms with Gasteiger partial charge in [0.2, 0.25) is 0 Å². The minimum Gasteiger partial charge on any atom is -0.378 e. The normalized spacial score (nSPS) is 21.0. The molecule has 1 saturated heterocycles. The summed E-state index contributed by atoms with van der Waals surface area (Å²) in [4.78, 5) is 14.3. The molecule has 0 aliphatic carbocycles. The number of amides is 1. The molecule has 1 heterocycles. The Balaban J connectivity index is 1.65. The number of aliphatic hydroxyl groups excluding tert-OH is 1. The van der Waals surface area contributed by atoms with Gasteiger partial charge in [0.1, 0.15) is 0 Å². The SMILES string of the molecule is CC1CCCN(CCCNC(=O)C(O)c2ccccc2)C1. The minimum absolute atomic E-state index is 0.312. The summed E-state index contributed by atoms with van der Waals surface area (Å²) in [6, 6.07) is 9.04. The predicted molar refractivity (Wildman–Crippen MR) is 83.9 cm³/mol. The van der Waals surface area contributed by atoms with Crippen LogP contribution in [-0.4, -0.2) is 42.1 Å². The average molecular weight is 290 g/mol. The van der Waals surface area contributed by atoms with Crippen LogP contribution in [-0.2, 0) is 4.79 Å². The van der Waals surface area contributed by atoms with Crippen LogP contribution in [0, 0.1) is 5.92 Å². The van der Waals surface area contributed by atoms with Gasteiger partial charge in [0.05, 0.1) is 0 Å². The molecule has 21 heavy (non-hydrogen) atoms. The molecule has 0 spiro atoms. The first-order chi connectivity index (χ1) is 10.2. The van der Waals surface area contributed by atoms with E-state index in [1.165, 1.54) is 25.9 Å². The van der Waals surface area contributed by atoms with E-state index in [0.717, 1.165) is 18.9 Å². The van der Waals surface area contributed by atoms with Gasteiger partial charge in [-0.25, -0.2) is 0 Å². The van der Waals surface area contributed by atoms with Crippen LogP contribution in [0.1, 0.15) is 37.9 Å². The molecule has 2 unspecified atom stereocenters. The Morgan fingerprint density at radius 3 is 2.90 bits per heavy atom. The number of carbonyl (C=O) groups is 1. The van der Waals surface area contributed by atoms with Gasteiger partial charge in [-0.05, 0) is 43.8 Å². The number of nitrogens with zero attached hydrogens (tertiary/aromatic N) is 1. The van der Waals surface area contributed by atoms with Crippen molar-refractivity contribution in [3.05, 3.63) is 35.9 Å². The molecule has 1 aromatic carbocycles. The molecule has 1 aromatic rings. The number of benzene rings is 1. The quantitative estimate of drug-likeness (QED) is 0.788. The van der Waals surface area contributed by atoms with E-state index in [4.69, 9.17) is 0 Å². The fourth-order valence-corrected chi connectivity index (χ4v) is 2.89. The van der Waals surface area contributed by atoms with Gasteiger partial charge >= 0.3 is 0 Å². The van der Waals surface area contributed by atoms with Crippen molar-refractivity contribution >= 4 is 5.91 Å². The van der Waals surface area contributed by atoms with Crippen molar-refractivity contribution in [1.29, 1.82) is 0 Å². The molecule has 0 bridgehead atoms. The van der Waals surface area contributed by atoms with Crippen LogP contribution in [0.15, 0.2) is 30.3 Å². The van der Waals surface area contributed by atoms with Crippen molar-refractivity contribution in [2.45, 2.75) is 32.3 Å². The average Bonchev–Trinajstić information content (AvgIpc) is 2.51. The highest BCUT2D eigenvalue weighted by Crippen LogP contribution is 2.15. The van der Waals surface area contributed by atoms with Crippen molar-refractivity contribution in [2.24, 2.45) is 5.92 Å². The van der Waals surface area contributed by atoms with Crippen molar-refractivity contribution in [1.82, 2.24) is 10.2 Å². The summed E-state index contributed by atoms with van der Waals surface area (Å²) in [5, 5.41) is 12.8. The van der Waals surface area contributed by atoms with E-state index < -0.39 is 6.10 Å². The van der Waals surface area contributed by atoms with E-state index in [9.17, 15) is 9.90 Å². The molecule has 0 radical (unpaired) electrons. The minimum atomic E-state index is -1.07. The predicted octanol–water partition coefficient (Wildman–Crippen LogP) is 1.96. The van der Waals surface area contributed by atoms with Gasteiger partial charge in [-0.3, -0.25) is 4.79 Å². The molecular formula is C17H26N2O2. The number of rotatable bonds is 6. The second-order valence-corrected chi connectivity index (χ2v) is 6.01. The van der Waals surface area contributed by atoms with Gasteiger partial charge in [0, 0.05) is 13.1 Å². The first-order valence-corrected chi connectivity index (χ1v) is 7.90. The van der Waals surface area contributed by atoms with Gasteiger partial charge < -0.3 is 15.3 Å². The standard InChI is InChI=1S/C17H26N2O2/c1-14-7-5-11-19(13-14)12-6-10-18-17(21)16(20)15-8-3-2-4-9-15/h2-4,8-9,14,16,20H,5-7,10-13H2,1H3,(H,18,21). The third-order valence-corrected chi connectivity index (χ3v) is 4.06. The Kier molecular flexibility index (Phi) is 6.21. The highest BCUT2D eigenvalue weighted by molar-refractivity contribution is 5.81. The van der Waals surface area contributed by atoms with E-state index >= 15 is 0 Å². The third-order valence-electron chi connectivity index (χ3n) is 4.06. The summed E-state index contributed by atoms with van der Waals surface area (Å²) >= 11 is 0. The van der Waals surface area contributed by atoms with Crippen molar-refractivity contribution < 1.29 is 9.90 Å². The Labute approximate surface area is 127 Å². The lowest BCUT2D eigenvalue weighted by Gasteiger charge is -2.30. The molecule has 116 valence electrons. The second-order valence-electron chi connectivity index (χ2n) is 6.01. The molecule has 0 aromatic heterocycles. The fourth-order valence-electron chi connectivity index (χ4n) is 2.89. The number of piperidine rings is 1. The number of carbonyl (C=O) groups excluding carboxylic acids is 1. The van der Waals surface area contributed by atoms with Crippen LogP contribution in [0.5, 0.6) is 0 Å². The fraction of sp³-hybridized carbons (Fsp3) is 0.588. The molecule has 4 nitrogen and oxygen atoms in total. The lowest BCUT2D eigenvalue weighted by atomic mass is 10.0. The van der Waals surface area contributed by atoms with Gasteiger partial charge in [-0.15, -0.1) is 0 Å². The van der Waals surface area contributed by atoms with E-state index in [1.807, 2.05) is 18.2 Å². The highest BCUT2D eigenvalue weighted by atomic mass is 16.3. The van der Waals surface area contributed by atoms with Crippen LogP contribution in [0.25, 0.3) is 0 Å². The van der Waals surface area contributed by atoms with Crippen LogP contribution < -0.4 is 5.32 Å². The second kappa shape index (κ2) is 8.15. The Morgan fingerprint density at radius 2 is 2.19 bits per heavy atom. The maximum absolute atomic E-state index is 11.9. The molecule has 2 N–H and O–H groups in total. The first kappa shape index (κ1) is 16.0. The summed E-state index contributed by atoms with van der Waals surface area (Å²) < 4.78 is 0. The zero-order valence-electron chi connectivity index (χ0n) is 12.8. The number of nitrogens with one attached hydrogen (secondary N) is 1. The van der Waals surface area contributed by atoms with E-state index in [0.29, 0.717) is 12.1 Å². The summed E-state index contributed by atoms with van der Waals surface area (Å²) in [7, 11) is 0. The third kappa shape index (κ3) is 5.14. The van der Waals surface area contributed by atoms with E-state index in [1.54, 1.807) is 12.1 Å². The zero-order chi connectivity index (χ0) is 15.1. The lowest BCUT2D eigenvalue weighted by Crippen LogP contribution is -2.37. The largest absolute Gasteiger partial charge is 0.378 e. The summed E-state index contributed by atoms with van der Waals surface area (Å²) in [6.07, 6.45) is 2.47. The molecule has 1 aliphatic rings. The molecule has 2 rings (SSSR count). The van der Waals surface area contributed by atoms with Crippen molar-refractivity contribution in [3.8, 4) is 0 Å². The van der Waals surface area contributed by atoms with Gasteiger partial charge in [0.15, 0.2) is 6.10 Å². The summed E-state index contributed by atoms with van der Waals surface area (Å²) in [5.41, 5.74) is 0.639. The zero-order valence-corrected chi connectivity index (χ0v) is 12.8. The Bertz CT molecular complexity index is 436. The van der Waals surface area contributed by atoms with Crippen LogP contribution in [0.2, 0.25) is 0 Å². The molecule has 0 saturated carbocycles. The number of hydrogen-bond donors (Lipinski definition) is 2. The van der Waals surface area contributed by atoms with Crippen LogP contribution >= 0.6 is 0 Å². The van der Waals surface area contributed by atoms with Crippen LogP contribution in [0.4, 0.5) is 0 Å². The van der Waals surface area contributed by atoms with E-state index in [-0.39, 0.29) is 5.91 Å². The smallest absolute Gasteiger partial charge is 0.253 e. The maximum Gasteiger partial charge on any atom is 0.253 e. The number of likely N-dealkylation sites (tertiary alicyclic amines) is 1. The molecule has 1 amide bonds. The topological polar surface area (TPSA) is 52.6 Å². The van der Waals surface area contributed by atoms with Crippen LogP contribution in [0.3, 0.4) is 0 Å². The highest BCUT2D eigenvalue weighted by Gasteiger charge is 2.17. The Hall–Kier alpha value is -1.39. The van der Waals surface area contributed by atoms with Gasteiger partial charge in [-0.2, -0.15) is 0 Å². The summed E-state index contributed by atoms with van der Waals surface area (Å²) in [5.74, 6) is 0.474. The first-order valence-electron chi connectivity index (χ1n) is 7.90. The molecule has 2 atom stereocenters. The monoisotopic (exact) mass is 290 g/mol. The number of hydrogen-bond acceptors (Lipinski definition) is 3. The van der Waals surface area contributed by atoms with Gasteiger partial charge in [-0.1, -0.05) is 37.3 Å². The molecule has 1 fully saturated rings. The van der Waals surface area contributed by atoms with Gasteiger partial charge in [0.25, 0.3) is 5.91 Å². The van der Waals surface area contributed by atoms with Crippen molar-refractivity contribution in [2.75, 3.05) is 26.2 Å². The molecule has 4 heteroatoms. The summed E-state index contributed by atoms with van der Waals surface area (Å²) in [6.45, 7) is 6.27. The van der Waals surface area contributed by atoms with E-state index in [2.05, 4.69) is 17.1 Å². The number of aliphatic hydroxyl groups is 1. The maximum atomic E-state index is 11.9. The molecule has 1 aliphatic heterocycles. The Morgan fingerprint density at radius 1 is 1.43 bits per heavy atom.